The van der Waals surface area contributed by atoms with E-state index in [0.717, 1.165) is 37.2 Å². The van der Waals surface area contributed by atoms with Crippen molar-refractivity contribution in [2.45, 2.75) is 26.3 Å². The monoisotopic (exact) mass is 359 g/mol. The van der Waals surface area contributed by atoms with Crippen molar-refractivity contribution in [2.75, 3.05) is 13.1 Å². The summed E-state index contributed by atoms with van der Waals surface area (Å²) in [5.41, 5.74) is 3.63. The maximum atomic E-state index is 13.2. The summed E-state index contributed by atoms with van der Waals surface area (Å²) in [4.78, 5) is 15.2. The lowest BCUT2D eigenvalue weighted by atomic mass is 9.98. The van der Waals surface area contributed by atoms with Crippen molar-refractivity contribution in [1.29, 1.82) is 0 Å². The average Bonchev–Trinajstić information content (AvgIpc) is 3.13. The van der Waals surface area contributed by atoms with Crippen LogP contribution in [0.15, 0.2) is 66.9 Å². The molecule has 0 bridgehead atoms. The molecule has 0 unspecified atom stereocenters. The van der Waals surface area contributed by atoms with Gasteiger partial charge >= 0.3 is 0 Å². The molecule has 1 aliphatic rings. The SMILES string of the molecule is CC1CCN(C(=O)c2cn(Cc3ccccc3)nc2-c2ccccc2)CC1. The molecule has 1 amide bonds. The molecule has 3 aromatic rings. The lowest BCUT2D eigenvalue weighted by molar-refractivity contribution is 0.0698. The summed E-state index contributed by atoms with van der Waals surface area (Å²) in [6.45, 7) is 4.58. The Morgan fingerprint density at radius 2 is 1.63 bits per heavy atom. The number of hydrogen-bond donors (Lipinski definition) is 0. The number of amides is 1. The van der Waals surface area contributed by atoms with Crippen molar-refractivity contribution in [2.24, 2.45) is 5.92 Å². The number of piperidine rings is 1. The summed E-state index contributed by atoms with van der Waals surface area (Å²) in [5.74, 6) is 0.795. The summed E-state index contributed by atoms with van der Waals surface area (Å²) in [6.07, 6.45) is 4.06. The highest BCUT2D eigenvalue weighted by Crippen LogP contribution is 2.26. The third kappa shape index (κ3) is 3.95. The van der Waals surface area contributed by atoms with Crippen molar-refractivity contribution in [1.82, 2.24) is 14.7 Å². The largest absolute Gasteiger partial charge is 0.339 e. The molecule has 1 saturated heterocycles. The summed E-state index contributed by atoms with van der Waals surface area (Å²) in [6, 6.07) is 20.2. The Morgan fingerprint density at radius 1 is 1.00 bits per heavy atom. The van der Waals surface area contributed by atoms with E-state index in [1.807, 2.05) is 64.3 Å². The van der Waals surface area contributed by atoms with Crippen LogP contribution >= 0.6 is 0 Å². The fourth-order valence-corrected chi connectivity index (χ4v) is 3.62. The number of likely N-dealkylation sites (tertiary alicyclic amines) is 1. The Kier molecular flexibility index (Phi) is 5.05. The first-order valence-corrected chi connectivity index (χ1v) is 9.67. The zero-order valence-electron chi connectivity index (χ0n) is 15.7. The van der Waals surface area contributed by atoms with Gasteiger partial charge in [-0.05, 0) is 24.3 Å². The standard InChI is InChI=1S/C23H25N3O/c1-18-12-14-25(15-13-18)23(27)21-17-26(16-19-8-4-2-5-9-19)24-22(21)20-10-6-3-7-11-20/h2-11,17-18H,12-16H2,1H3. The van der Waals surface area contributed by atoms with E-state index in [1.54, 1.807) is 0 Å². The fraction of sp³-hybridized carbons (Fsp3) is 0.304. The first-order chi connectivity index (χ1) is 13.2. The fourth-order valence-electron chi connectivity index (χ4n) is 3.62. The van der Waals surface area contributed by atoms with Crippen molar-refractivity contribution in [3.63, 3.8) is 0 Å². The highest BCUT2D eigenvalue weighted by atomic mass is 16.2. The number of benzene rings is 2. The minimum absolute atomic E-state index is 0.0973. The second-order valence-electron chi connectivity index (χ2n) is 7.42. The van der Waals surface area contributed by atoms with Gasteiger partial charge in [0.1, 0.15) is 5.69 Å². The van der Waals surface area contributed by atoms with Crippen LogP contribution in [0.2, 0.25) is 0 Å². The van der Waals surface area contributed by atoms with E-state index in [9.17, 15) is 4.79 Å². The summed E-state index contributed by atoms with van der Waals surface area (Å²) in [5, 5.41) is 4.78. The molecule has 138 valence electrons. The van der Waals surface area contributed by atoms with E-state index in [4.69, 9.17) is 5.10 Å². The Labute approximate surface area is 160 Å². The second kappa shape index (κ2) is 7.78. The van der Waals surface area contributed by atoms with Gasteiger partial charge in [-0.1, -0.05) is 67.6 Å². The van der Waals surface area contributed by atoms with E-state index in [1.165, 1.54) is 5.56 Å². The topological polar surface area (TPSA) is 38.1 Å². The highest BCUT2D eigenvalue weighted by molar-refractivity contribution is 5.99. The van der Waals surface area contributed by atoms with Gasteiger partial charge in [-0.15, -0.1) is 0 Å². The van der Waals surface area contributed by atoms with Crippen molar-refractivity contribution >= 4 is 5.91 Å². The minimum Gasteiger partial charge on any atom is -0.339 e. The van der Waals surface area contributed by atoms with Crippen LogP contribution in [-0.2, 0) is 6.54 Å². The number of hydrogen-bond acceptors (Lipinski definition) is 2. The highest BCUT2D eigenvalue weighted by Gasteiger charge is 2.26. The van der Waals surface area contributed by atoms with Gasteiger partial charge in [-0.2, -0.15) is 5.10 Å². The van der Waals surface area contributed by atoms with Gasteiger partial charge in [-0.3, -0.25) is 9.48 Å². The molecule has 0 N–H and O–H groups in total. The maximum absolute atomic E-state index is 13.2. The number of nitrogens with zero attached hydrogens (tertiary/aromatic N) is 3. The smallest absolute Gasteiger partial charge is 0.257 e. The zero-order valence-corrected chi connectivity index (χ0v) is 15.7. The van der Waals surface area contributed by atoms with Crippen molar-refractivity contribution in [3.8, 4) is 11.3 Å². The normalized spacial score (nSPS) is 15.1. The summed E-state index contributed by atoms with van der Waals surface area (Å²) >= 11 is 0. The molecule has 1 fully saturated rings. The van der Waals surface area contributed by atoms with E-state index in [0.29, 0.717) is 18.0 Å². The number of carbonyl (C=O) groups is 1. The maximum Gasteiger partial charge on any atom is 0.257 e. The van der Waals surface area contributed by atoms with E-state index < -0.39 is 0 Å². The van der Waals surface area contributed by atoms with Crippen LogP contribution in [-0.4, -0.2) is 33.7 Å². The second-order valence-corrected chi connectivity index (χ2v) is 7.42. The molecule has 4 rings (SSSR count). The molecule has 2 aromatic carbocycles. The molecule has 1 aliphatic heterocycles. The molecule has 0 spiro atoms. The quantitative estimate of drug-likeness (QED) is 0.689. The van der Waals surface area contributed by atoms with Gasteiger partial charge in [0, 0.05) is 24.8 Å². The molecule has 27 heavy (non-hydrogen) atoms. The molecule has 0 saturated carbocycles. The van der Waals surface area contributed by atoms with Crippen LogP contribution in [0.1, 0.15) is 35.7 Å². The molecule has 0 aliphatic carbocycles. The van der Waals surface area contributed by atoms with E-state index >= 15 is 0 Å². The Morgan fingerprint density at radius 3 is 2.30 bits per heavy atom. The molecule has 4 nitrogen and oxygen atoms in total. The number of aromatic nitrogens is 2. The molecule has 0 atom stereocenters. The Balaban J connectivity index is 1.67. The lowest BCUT2D eigenvalue weighted by Gasteiger charge is -2.30. The van der Waals surface area contributed by atoms with Crippen LogP contribution in [0.5, 0.6) is 0 Å². The van der Waals surface area contributed by atoms with Crippen LogP contribution in [0.25, 0.3) is 11.3 Å². The average molecular weight is 359 g/mol. The molecule has 0 radical (unpaired) electrons. The number of rotatable bonds is 4. The van der Waals surface area contributed by atoms with Crippen LogP contribution in [0.4, 0.5) is 0 Å². The van der Waals surface area contributed by atoms with Crippen LogP contribution in [0.3, 0.4) is 0 Å². The van der Waals surface area contributed by atoms with Crippen molar-refractivity contribution in [3.05, 3.63) is 78.0 Å². The van der Waals surface area contributed by atoms with Gasteiger partial charge in [0.25, 0.3) is 5.91 Å². The third-order valence-corrected chi connectivity index (χ3v) is 5.30. The first kappa shape index (κ1) is 17.5. The van der Waals surface area contributed by atoms with Gasteiger partial charge in [-0.25, -0.2) is 0 Å². The van der Waals surface area contributed by atoms with E-state index in [2.05, 4.69) is 19.1 Å². The van der Waals surface area contributed by atoms with Gasteiger partial charge < -0.3 is 4.90 Å². The Bertz CT molecular complexity index is 894. The predicted molar refractivity (Wildman–Crippen MR) is 108 cm³/mol. The Hall–Kier alpha value is -2.88. The number of carbonyl (C=O) groups excluding carboxylic acids is 1. The molecular weight excluding hydrogens is 334 g/mol. The van der Waals surface area contributed by atoms with Gasteiger partial charge in [0.05, 0.1) is 12.1 Å². The lowest BCUT2D eigenvalue weighted by Crippen LogP contribution is -2.38. The third-order valence-electron chi connectivity index (χ3n) is 5.30. The van der Waals surface area contributed by atoms with E-state index in [-0.39, 0.29) is 5.91 Å². The molecule has 4 heteroatoms. The van der Waals surface area contributed by atoms with Crippen LogP contribution in [0, 0.1) is 5.92 Å². The van der Waals surface area contributed by atoms with Crippen LogP contribution < -0.4 is 0 Å². The molecule has 2 heterocycles. The molecule has 1 aromatic heterocycles. The molecular formula is C23H25N3O. The predicted octanol–water partition coefficient (Wildman–Crippen LogP) is 4.47. The van der Waals surface area contributed by atoms with Crippen molar-refractivity contribution < 1.29 is 4.79 Å². The first-order valence-electron chi connectivity index (χ1n) is 9.67. The van der Waals surface area contributed by atoms with Gasteiger partial charge in [0.15, 0.2) is 0 Å². The summed E-state index contributed by atoms with van der Waals surface area (Å²) < 4.78 is 1.89. The minimum atomic E-state index is 0.0973. The summed E-state index contributed by atoms with van der Waals surface area (Å²) in [7, 11) is 0. The van der Waals surface area contributed by atoms with Gasteiger partial charge in [0.2, 0.25) is 0 Å². The zero-order chi connectivity index (χ0) is 18.6.